The summed E-state index contributed by atoms with van der Waals surface area (Å²) in [6, 6.07) is 8.30. The molecule has 1 aromatic carbocycles. The lowest BCUT2D eigenvalue weighted by Crippen LogP contribution is -2.32. The highest BCUT2D eigenvalue weighted by molar-refractivity contribution is 6.31. The summed E-state index contributed by atoms with van der Waals surface area (Å²) in [5, 5.41) is 13.4. The summed E-state index contributed by atoms with van der Waals surface area (Å²) in [6.07, 6.45) is 2.11. The predicted molar refractivity (Wildman–Crippen MR) is 86.3 cm³/mol. The van der Waals surface area contributed by atoms with E-state index in [0.717, 1.165) is 49.6 Å². The predicted octanol–water partition coefficient (Wildman–Crippen LogP) is 3.09. The molecule has 0 amide bonds. The second-order valence-corrected chi connectivity index (χ2v) is 5.39. The summed E-state index contributed by atoms with van der Waals surface area (Å²) >= 11 is 6.30. The average Bonchev–Trinajstić information content (AvgIpc) is 2.44. The average molecular weight is 299 g/mol. The zero-order valence-corrected chi connectivity index (χ0v) is 13.4. The molecule has 2 N–H and O–H groups in total. The first-order valence-electron chi connectivity index (χ1n) is 7.53. The van der Waals surface area contributed by atoms with Gasteiger partial charge in [0.05, 0.1) is 6.61 Å². The molecule has 1 rings (SSSR count). The van der Waals surface area contributed by atoms with Gasteiger partial charge in [-0.1, -0.05) is 43.6 Å². The van der Waals surface area contributed by atoms with E-state index < -0.39 is 0 Å². The van der Waals surface area contributed by atoms with E-state index in [1.165, 1.54) is 0 Å². The minimum atomic E-state index is 0.220. The van der Waals surface area contributed by atoms with Gasteiger partial charge >= 0.3 is 0 Å². The van der Waals surface area contributed by atoms with Crippen LogP contribution in [0.3, 0.4) is 0 Å². The monoisotopic (exact) mass is 298 g/mol. The smallest absolute Gasteiger partial charge is 0.0558 e. The second-order valence-electron chi connectivity index (χ2n) is 4.99. The Kier molecular flexibility index (Phi) is 8.86. The molecule has 1 aromatic rings. The van der Waals surface area contributed by atoms with Gasteiger partial charge in [-0.05, 0) is 37.6 Å². The fraction of sp³-hybridized carbons (Fsp3) is 0.625. The molecule has 0 saturated carbocycles. The third-order valence-electron chi connectivity index (χ3n) is 3.42. The fourth-order valence-electron chi connectivity index (χ4n) is 2.48. The molecule has 4 heteroatoms. The largest absolute Gasteiger partial charge is 0.395 e. The van der Waals surface area contributed by atoms with Gasteiger partial charge in [0.2, 0.25) is 0 Å². The van der Waals surface area contributed by atoms with Crippen LogP contribution in [-0.2, 0) is 0 Å². The molecule has 0 fully saturated rings. The molecule has 0 aliphatic carbocycles. The minimum absolute atomic E-state index is 0.220. The van der Waals surface area contributed by atoms with E-state index in [9.17, 15) is 0 Å². The molecule has 3 nitrogen and oxygen atoms in total. The molecule has 0 heterocycles. The number of aliphatic hydroxyl groups excluding tert-OH is 1. The molecule has 114 valence electrons. The lowest BCUT2D eigenvalue weighted by Gasteiger charge is -2.25. The fourth-order valence-corrected chi connectivity index (χ4v) is 2.74. The Morgan fingerprint density at radius 3 is 2.55 bits per heavy atom. The van der Waals surface area contributed by atoms with Crippen molar-refractivity contribution in [3.63, 3.8) is 0 Å². The molecule has 1 atom stereocenters. The summed E-state index contributed by atoms with van der Waals surface area (Å²) in [6.45, 7) is 8.16. The zero-order chi connectivity index (χ0) is 14.8. The molecule has 1 unspecified atom stereocenters. The number of nitrogens with zero attached hydrogens (tertiary/aromatic N) is 1. The van der Waals surface area contributed by atoms with Crippen molar-refractivity contribution in [3.8, 4) is 0 Å². The first kappa shape index (κ1) is 17.4. The zero-order valence-electron chi connectivity index (χ0n) is 12.6. The number of benzene rings is 1. The summed E-state index contributed by atoms with van der Waals surface area (Å²) in [4.78, 5) is 2.31. The number of halogens is 1. The molecular formula is C16H27ClN2O. The van der Waals surface area contributed by atoms with Crippen LogP contribution in [0.1, 0.15) is 38.3 Å². The number of nitrogens with one attached hydrogen (secondary N) is 1. The van der Waals surface area contributed by atoms with E-state index in [4.69, 9.17) is 16.7 Å². The quantitative estimate of drug-likeness (QED) is 0.697. The number of hydrogen-bond donors (Lipinski definition) is 2. The molecule has 0 aliphatic rings. The van der Waals surface area contributed by atoms with Crippen molar-refractivity contribution in [1.29, 1.82) is 0 Å². The maximum absolute atomic E-state index is 9.11. The third kappa shape index (κ3) is 5.80. The second kappa shape index (κ2) is 10.2. The maximum Gasteiger partial charge on any atom is 0.0558 e. The van der Waals surface area contributed by atoms with Crippen LogP contribution in [0.4, 0.5) is 0 Å². The highest BCUT2D eigenvalue weighted by atomic mass is 35.5. The third-order valence-corrected chi connectivity index (χ3v) is 3.77. The number of aliphatic hydroxyl groups is 1. The summed E-state index contributed by atoms with van der Waals surface area (Å²) in [7, 11) is 0. The van der Waals surface area contributed by atoms with E-state index >= 15 is 0 Å². The maximum atomic E-state index is 9.11. The highest BCUT2D eigenvalue weighted by Gasteiger charge is 2.14. The van der Waals surface area contributed by atoms with Gasteiger partial charge in [0.1, 0.15) is 0 Å². The van der Waals surface area contributed by atoms with Gasteiger partial charge < -0.3 is 15.3 Å². The van der Waals surface area contributed by atoms with Gasteiger partial charge in [-0.2, -0.15) is 0 Å². The van der Waals surface area contributed by atoms with Crippen molar-refractivity contribution < 1.29 is 5.11 Å². The Hall–Kier alpha value is -0.610. The standard InChI is InChI=1S/C16H27ClN2O/c1-3-10-19(12-13-20)11-9-16(18-4-2)14-7-5-6-8-15(14)17/h5-8,16,18,20H,3-4,9-13H2,1-2H3. The van der Waals surface area contributed by atoms with Crippen molar-refractivity contribution in [2.24, 2.45) is 0 Å². The van der Waals surface area contributed by atoms with Gasteiger partial charge in [0.15, 0.2) is 0 Å². The van der Waals surface area contributed by atoms with Crippen molar-refractivity contribution in [2.45, 2.75) is 32.7 Å². The van der Waals surface area contributed by atoms with E-state index in [0.29, 0.717) is 0 Å². The van der Waals surface area contributed by atoms with E-state index in [-0.39, 0.29) is 12.6 Å². The summed E-state index contributed by atoms with van der Waals surface area (Å²) in [5.74, 6) is 0. The van der Waals surface area contributed by atoms with Gasteiger partial charge in [-0.25, -0.2) is 0 Å². The Balaban J connectivity index is 2.65. The van der Waals surface area contributed by atoms with E-state index in [1.807, 2.05) is 18.2 Å². The van der Waals surface area contributed by atoms with Gasteiger partial charge in [0, 0.05) is 24.2 Å². The van der Waals surface area contributed by atoms with Crippen LogP contribution in [0.15, 0.2) is 24.3 Å². The Labute approximate surface area is 127 Å². The van der Waals surface area contributed by atoms with Crippen LogP contribution >= 0.6 is 11.6 Å². The first-order valence-corrected chi connectivity index (χ1v) is 7.91. The van der Waals surface area contributed by atoms with Gasteiger partial charge in [-0.3, -0.25) is 0 Å². The molecule has 0 aliphatic heterocycles. The Morgan fingerprint density at radius 1 is 1.20 bits per heavy atom. The van der Waals surface area contributed by atoms with Crippen LogP contribution in [-0.4, -0.2) is 42.8 Å². The van der Waals surface area contributed by atoms with E-state index in [2.05, 4.69) is 30.1 Å². The van der Waals surface area contributed by atoms with Crippen molar-refractivity contribution in [3.05, 3.63) is 34.9 Å². The minimum Gasteiger partial charge on any atom is -0.395 e. The Morgan fingerprint density at radius 2 is 1.95 bits per heavy atom. The summed E-state index contributed by atoms with van der Waals surface area (Å²) < 4.78 is 0. The normalized spacial score (nSPS) is 12.8. The lowest BCUT2D eigenvalue weighted by molar-refractivity contribution is 0.189. The Bertz CT molecular complexity index is 367. The van der Waals surface area contributed by atoms with Crippen molar-refractivity contribution >= 4 is 11.6 Å². The van der Waals surface area contributed by atoms with Crippen molar-refractivity contribution in [2.75, 3.05) is 32.8 Å². The molecule has 0 aromatic heterocycles. The van der Waals surface area contributed by atoms with E-state index in [1.54, 1.807) is 0 Å². The van der Waals surface area contributed by atoms with Gasteiger partial charge in [-0.15, -0.1) is 0 Å². The van der Waals surface area contributed by atoms with Crippen molar-refractivity contribution in [1.82, 2.24) is 10.2 Å². The molecule has 0 spiro atoms. The SMILES string of the molecule is CCCN(CCO)CCC(NCC)c1ccccc1Cl. The number of rotatable bonds is 10. The van der Waals surface area contributed by atoms with Crippen LogP contribution in [0.2, 0.25) is 5.02 Å². The molecule has 0 saturated heterocycles. The number of hydrogen-bond acceptors (Lipinski definition) is 3. The van der Waals surface area contributed by atoms with Crippen LogP contribution in [0.5, 0.6) is 0 Å². The topological polar surface area (TPSA) is 35.5 Å². The molecule has 20 heavy (non-hydrogen) atoms. The van der Waals surface area contributed by atoms with Crippen LogP contribution in [0, 0.1) is 0 Å². The van der Waals surface area contributed by atoms with Gasteiger partial charge in [0.25, 0.3) is 0 Å². The highest BCUT2D eigenvalue weighted by Crippen LogP contribution is 2.25. The van der Waals surface area contributed by atoms with Crippen LogP contribution in [0.25, 0.3) is 0 Å². The first-order chi connectivity index (χ1) is 9.72. The van der Waals surface area contributed by atoms with Crippen LogP contribution < -0.4 is 5.32 Å². The molecule has 0 bridgehead atoms. The lowest BCUT2D eigenvalue weighted by atomic mass is 10.0. The summed E-state index contributed by atoms with van der Waals surface area (Å²) in [5.41, 5.74) is 1.16. The molecule has 0 radical (unpaired) electrons. The molecular weight excluding hydrogens is 272 g/mol.